The van der Waals surface area contributed by atoms with Gasteiger partial charge in [-0.2, -0.15) is 0 Å². The molecule has 0 aliphatic heterocycles. The fourth-order valence-corrected chi connectivity index (χ4v) is 2.89. The molecule has 0 saturated carbocycles. The molecule has 0 rings (SSSR count). The molecule has 0 aromatic rings. The molecule has 0 aliphatic rings. The first-order valence-corrected chi connectivity index (χ1v) is 6.37. The summed E-state index contributed by atoms with van der Waals surface area (Å²) in [5.41, 5.74) is 0. The van der Waals surface area contributed by atoms with Crippen molar-refractivity contribution in [3.05, 3.63) is 0 Å². The third kappa shape index (κ3) is 6.07. The second kappa shape index (κ2) is 6.31. The van der Waals surface area contributed by atoms with Crippen LogP contribution in [0.25, 0.3) is 0 Å². The predicted octanol–water partition coefficient (Wildman–Crippen LogP) is 3.05. The Bertz CT molecular complexity index is 37.9. The molecule has 0 amide bonds. The van der Waals surface area contributed by atoms with Crippen LogP contribution in [0.3, 0.4) is 0 Å². The molecule has 1 atom stereocenters. The van der Waals surface area contributed by atoms with Crippen LogP contribution in [0.1, 0.15) is 6.42 Å². The van der Waals surface area contributed by atoms with E-state index in [1.165, 1.54) is 15.3 Å². The van der Waals surface area contributed by atoms with Crippen LogP contribution in [0, 0.1) is 0 Å². The van der Waals surface area contributed by atoms with E-state index in [2.05, 4.69) is 67.8 Å². The highest BCUT2D eigenvalue weighted by molar-refractivity contribution is 14.1. The molecular formula is C4H7I3. The molecular weight excluding hydrogens is 429 g/mol. The molecule has 3 heteroatoms. The van der Waals surface area contributed by atoms with E-state index in [1.54, 1.807) is 0 Å². The Morgan fingerprint density at radius 2 is 1.86 bits per heavy atom. The molecule has 0 aromatic heterocycles. The topological polar surface area (TPSA) is 0 Å². The van der Waals surface area contributed by atoms with Crippen LogP contribution in [0.15, 0.2) is 0 Å². The smallest absolute Gasteiger partial charge is 0.0206 e. The Hall–Kier alpha value is 2.19. The van der Waals surface area contributed by atoms with Crippen molar-refractivity contribution in [3.63, 3.8) is 0 Å². The van der Waals surface area contributed by atoms with E-state index in [0.29, 0.717) is 0 Å². The van der Waals surface area contributed by atoms with Crippen molar-refractivity contribution in [1.29, 1.82) is 0 Å². The van der Waals surface area contributed by atoms with Gasteiger partial charge in [0.15, 0.2) is 0 Å². The number of hydrogen-bond donors (Lipinski definition) is 0. The predicted molar refractivity (Wildman–Crippen MR) is 60.2 cm³/mol. The molecule has 44 valence electrons. The molecule has 0 fully saturated rings. The first kappa shape index (κ1) is 9.19. The van der Waals surface area contributed by atoms with E-state index in [1.807, 2.05) is 0 Å². The highest BCUT2D eigenvalue weighted by Crippen LogP contribution is 2.10. The van der Waals surface area contributed by atoms with E-state index in [9.17, 15) is 0 Å². The molecule has 0 saturated heterocycles. The van der Waals surface area contributed by atoms with Gasteiger partial charge in [-0.25, -0.2) is 0 Å². The molecule has 0 N–H and O–H groups in total. The van der Waals surface area contributed by atoms with Gasteiger partial charge in [-0.15, -0.1) is 0 Å². The number of halogens is 3. The van der Waals surface area contributed by atoms with Crippen LogP contribution in [-0.4, -0.2) is 12.8 Å². The quantitative estimate of drug-likeness (QED) is 0.472. The van der Waals surface area contributed by atoms with E-state index in [0.717, 1.165) is 3.92 Å². The summed E-state index contributed by atoms with van der Waals surface area (Å²) in [5, 5.41) is 0. The van der Waals surface area contributed by atoms with Gasteiger partial charge in [0.05, 0.1) is 0 Å². The Balaban J connectivity index is 2.83. The minimum absolute atomic E-state index is 0.898. The molecule has 0 heterocycles. The number of alkyl halides is 3. The van der Waals surface area contributed by atoms with Gasteiger partial charge in [0, 0.05) is 12.8 Å². The molecule has 0 aromatic carbocycles. The highest BCUT2D eigenvalue weighted by atomic mass is 127. The third-order valence-corrected chi connectivity index (χ3v) is 5.02. The largest absolute Gasteiger partial charge is 0.0863 e. The summed E-state index contributed by atoms with van der Waals surface area (Å²) in [4.78, 5) is 0. The van der Waals surface area contributed by atoms with Crippen LogP contribution in [0.5, 0.6) is 0 Å². The van der Waals surface area contributed by atoms with E-state index in [-0.39, 0.29) is 0 Å². The van der Waals surface area contributed by atoms with Crippen molar-refractivity contribution in [2.45, 2.75) is 10.3 Å². The summed E-state index contributed by atoms with van der Waals surface area (Å²) < 4.78 is 3.49. The summed E-state index contributed by atoms with van der Waals surface area (Å²) in [7, 11) is 0. The molecule has 0 radical (unpaired) electrons. The summed E-state index contributed by atoms with van der Waals surface area (Å²) in [6, 6.07) is 0. The van der Waals surface area contributed by atoms with Crippen molar-refractivity contribution in [1.82, 2.24) is 0 Å². The molecule has 1 unspecified atom stereocenters. The summed E-state index contributed by atoms with van der Waals surface area (Å²) in [5.74, 6) is 0. The fraction of sp³-hybridized carbons (Fsp3) is 1.00. The van der Waals surface area contributed by atoms with E-state index >= 15 is 0 Å². The zero-order valence-electron chi connectivity index (χ0n) is 3.83. The van der Waals surface area contributed by atoms with Crippen molar-refractivity contribution in [2.24, 2.45) is 0 Å². The lowest BCUT2D eigenvalue weighted by Gasteiger charge is -1.98. The molecule has 0 bridgehead atoms. The molecule has 0 aliphatic carbocycles. The normalized spacial score (nSPS) is 14.1. The van der Waals surface area contributed by atoms with Gasteiger partial charge in [0.1, 0.15) is 0 Å². The Labute approximate surface area is 85.6 Å². The van der Waals surface area contributed by atoms with Gasteiger partial charge in [0.2, 0.25) is 0 Å². The number of hydrogen-bond acceptors (Lipinski definition) is 0. The van der Waals surface area contributed by atoms with Crippen LogP contribution in [0.2, 0.25) is 0 Å². The first-order chi connectivity index (χ1) is 3.31. The molecule has 0 spiro atoms. The van der Waals surface area contributed by atoms with Crippen LogP contribution in [-0.2, 0) is 0 Å². The maximum atomic E-state index is 2.49. The third-order valence-electron chi connectivity index (χ3n) is 0.590. The lowest BCUT2D eigenvalue weighted by molar-refractivity contribution is 0.985. The Kier molecular flexibility index (Phi) is 8.29. The fourth-order valence-electron chi connectivity index (χ4n) is 0.196. The zero-order valence-corrected chi connectivity index (χ0v) is 10.3. The standard InChI is InChI=1S/C4H7I3/c5-2-1-4(7)3-6/h4H,1-3H2. The van der Waals surface area contributed by atoms with Crippen LogP contribution in [0.4, 0.5) is 0 Å². The average molecular weight is 436 g/mol. The van der Waals surface area contributed by atoms with Crippen molar-refractivity contribution >= 4 is 67.8 Å². The highest BCUT2D eigenvalue weighted by Gasteiger charge is 1.96. The van der Waals surface area contributed by atoms with E-state index in [4.69, 9.17) is 0 Å². The van der Waals surface area contributed by atoms with Crippen molar-refractivity contribution < 1.29 is 0 Å². The first-order valence-electron chi connectivity index (χ1n) is 2.07. The number of rotatable bonds is 3. The molecule has 7 heavy (non-hydrogen) atoms. The monoisotopic (exact) mass is 436 g/mol. The van der Waals surface area contributed by atoms with Crippen LogP contribution < -0.4 is 0 Å². The minimum atomic E-state index is 0.898. The lowest BCUT2D eigenvalue weighted by Crippen LogP contribution is -1.97. The Morgan fingerprint density at radius 3 is 2.00 bits per heavy atom. The minimum Gasteiger partial charge on any atom is -0.0863 e. The van der Waals surface area contributed by atoms with Crippen molar-refractivity contribution in [3.8, 4) is 0 Å². The molecule has 0 nitrogen and oxygen atoms in total. The maximum absolute atomic E-state index is 2.49. The zero-order chi connectivity index (χ0) is 5.70. The Morgan fingerprint density at radius 1 is 1.29 bits per heavy atom. The average Bonchev–Trinajstić information content (AvgIpc) is 1.68. The maximum Gasteiger partial charge on any atom is 0.0206 e. The second-order valence-corrected chi connectivity index (χ2v) is 4.95. The summed E-state index contributed by atoms with van der Waals surface area (Å²) >= 11 is 7.34. The van der Waals surface area contributed by atoms with Crippen molar-refractivity contribution in [2.75, 3.05) is 8.86 Å². The summed E-state index contributed by atoms with van der Waals surface area (Å²) in [6.07, 6.45) is 1.37. The van der Waals surface area contributed by atoms with Gasteiger partial charge < -0.3 is 0 Å². The lowest BCUT2D eigenvalue weighted by atomic mass is 10.4. The van der Waals surface area contributed by atoms with Gasteiger partial charge in [0.25, 0.3) is 0 Å². The van der Waals surface area contributed by atoms with Gasteiger partial charge in [-0.1, -0.05) is 67.8 Å². The second-order valence-electron chi connectivity index (χ2n) is 1.23. The SMILES string of the molecule is ICCC(I)CI. The van der Waals surface area contributed by atoms with E-state index < -0.39 is 0 Å². The summed E-state index contributed by atoms with van der Waals surface area (Å²) in [6.45, 7) is 0. The van der Waals surface area contributed by atoms with Crippen LogP contribution >= 0.6 is 67.8 Å². The van der Waals surface area contributed by atoms with Gasteiger partial charge >= 0.3 is 0 Å². The van der Waals surface area contributed by atoms with Gasteiger partial charge in [-0.3, -0.25) is 0 Å². The van der Waals surface area contributed by atoms with Gasteiger partial charge in [-0.05, 0) is 6.42 Å².